The lowest BCUT2D eigenvalue weighted by Gasteiger charge is -2.07. The Balaban J connectivity index is 1.32. The highest BCUT2D eigenvalue weighted by atomic mass is 32.2. The van der Waals surface area contributed by atoms with E-state index in [1.807, 2.05) is 48.5 Å². The number of nitrogen functional groups attached to an aromatic ring is 2. The van der Waals surface area contributed by atoms with Gasteiger partial charge in [0.15, 0.2) is 9.84 Å². The Labute approximate surface area is 276 Å². The molecule has 6 rings (SSSR count). The van der Waals surface area contributed by atoms with E-state index in [1.54, 1.807) is 30.3 Å². The number of azo groups is 2. The van der Waals surface area contributed by atoms with Gasteiger partial charge >= 0.3 is 0 Å². The van der Waals surface area contributed by atoms with E-state index in [4.69, 9.17) is 11.5 Å². The summed E-state index contributed by atoms with van der Waals surface area (Å²) < 4.78 is 60.3. The normalized spacial score (nSPS) is 12.6. The van der Waals surface area contributed by atoms with E-state index >= 15 is 0 Å². The van der Waals surface area contributed by atoms with E-state index in [-0.39, 0.29) is 27.4 Å². The molecule has 0 aliphatic rings. The maximum absolute atomic E-state index is 12.8. The molecule has 5 N–H and O–H groups in total. The quantitative estimate of drug-likeness (QED) is 0.0621. The molecule has 0 bridgehead atoms. The van der Waals surface area contributed by atoms with Crippen LogP contribution in [0.2, 0.25) is 0 Å². The van der Waals surface area contributed by atoms with Crippen LogP contribution < -0.4 is 11.5 Å². The first kappa shape index (κ1) is 32.2. The number of hydrogen-bond acceptors (Lipinski definition) is 10. The van der Waals surface area contributed by atoms with Crippen LogP contribution in [0.25, 0.3) is 33.7 Å². The highest BCUT2D eigenvalue weighted by Gasteiger charge is 2.17. The van der Waals surface area contributed by atoms with E-state index in [0.29, 0.717) is 22.7 Å². The van der Waals surface area contributed by atoms with Crippen molar-refractivity contribution >= 4 is 87.8 Å². The lowest BCUT2D eigenvalue weighted by atomic mass is 10.1. The molecule has 0 aliphatic heterocycles. The zero-order chi connectivity index (χ0) is 34.1. The van der Waals surface area contributed by atoms with Gasteiger partial charge in [-0.1, -0.05) is 72.8 Å². The van der Waals surface area contributed by atoms with Gasteiger partial charge in [-0.3, -0.25) is 4.55 Å². The molecule has 0 amide bonds. The molecule has 11 nitrogen and oxygen atoms in total. The predicted molar refractivity (Wildman–Crippen MR) is 190 cm³/mol. The van der Waals surface area contributed by atoms with Gasteiger partial charge in [-0.05, 0) is 59.7 Å². The Kier molecular flexibility index (Phi) is 8.58. The van der Waals surface area contributed by atoms with Gasteiger partial charge in [-0.2, -0.15) is 18.6 Å². The van der Waals surface area contributed by atoms with Gasteiger partial charge in [0.25, 0.3) is 10.1 Å². The zero-order valence-corrected chi connectivity index (χ0v) is 27.0. The third-order valence-electron chi connectivity index (χ3n) is 7.53. The molecule has 6 aromatic rings. The molecule has 0 radical (unpaired) electrons. The van der Waals surface area contributed by atoms with Gasteiger partial charge in [-0.15, -0.1) is 10.2 Å². The van der Waals surface area contributed by atoms with Crippen molar-refractivity contribution < 1.29 is 21.4 Å². The second kappa shape index (κ2) is 12.8. The zero-order valence-electron chi connectivity index (χ0n) is 25.4. The van der Waals surface area contributed by atoms with Gasteiger partial charge in [-0.25, -0.2) is 8.42 Å². The summed E-state index contributed by atoms with van der Waals surface area (Å²) in [5.74, 6) is 0. The number of nitrogens with zero attached hydrogens (tertiary/aromatic N) is 4. The number of rotatable bonds is 8. The number of benzene rings is 6. The molecule has 0 fully saturated rings. The molecule has 0 atom stereocenters. The van der Waals surface area contributed by atoms with Crippen molar-refractivity contribution in [3.63, 3.8) is 0 Å². The van der Waals surface area contributed by atoms with Crippen LogP contribution in [0.15, 0.2) is 139 Å². The summed E-state index contributed by atoms with van der Waals surface area (Å²) in [5, 5.41) is 20.2. The fourth-order valence-corrected chi connectivity index (χ4v) is 6.78. The third-order valence-corrected chi connectivity index (χ3v) is 9.59. The summed E-state index contributed by atoms with van der Waals surface area (Å²) in [5.41, 5.74) is 15.2. The maximum atomic E-state index is 12.8. The highest BCUT2D eigenvalue weighted by molar-refractivity contribution is 7.90. The Morgan fingerprint density at radius 3 is 1.40 bits per heavy atom. The van der Waals surface area contributed by atoms with Crippen LogP contribution in [-0.2, 0) is 20.0 Å². The molecule has 0 aliphatic carbocycles. The molecule has 0 aromatic heterocycles. The van der Waals surface area contributed by atoms with Crippen LogP contribution in [-0.4, -0.2) is 27.6 Å². The maximum Gasteiger partial charge on any atom is 0.295 e. The first-order valence-corrected chi connectivity index (χ1v) is 17.7. The summed E-state index contributed by atoms with van der Waals surface area (Å²) in [6.07, 6.45) is 3.89. The van der Waals surface area contributed by atoms with Crippen molar-refractivity contribution in [3.8, 4) is 0 Å². The van der Waals surface area contributed by atoms with Crippen molar-refractivity contribution in [2.75, 3.05) is 17.7 Å². The van der Waals surface area contributed by atoms with Crippen LogP contribution in [0.1, 0.15) is 11.1 Å². The minimum Gasteiger partial charge on any atom is -0.398 e. The summed E-state index contributed by atoms with van der Waals surface area (Å²) in [6, 6.07) is 30.4. The van der Waals surface area contributed by atoms with Gasteiger partial charge in [0.05, 0.1) is 27.6 Å². The van der Waals surface area contributed by atoms with Crippen LogP contribution >= 0.6 is 0 Å². The molecule has 0 saturated carbocycles. The average Bonchev–Trinajstić information content (AvgIpc) is 3.06. The molecule has 48 heavy (non-hydrogen) atoms. The Morgan fingerprint density at radius 1 is 0.542 bits per heavy atom. The third kappa shape index (κ3) is 6.83. The molecule has 240 valence electrons. The summed E-state index contributed by atoms with van der Waals surface area (Å²) in [6.45, 7) is 0. The highest BCUT2D eigenvalue weighted by Crippen LogP contribution is 2.34. The number of fused-ring (bicyclic) bond motifs is 2. The van der Waals surface area contributed by atoms with E-state index in [9.17, 15) is 21.4 Å². The summed E-state index contributed by atoms with van der Waals surface area (Å²) >= 11 is 0. The number of sulfone groups is 1. The lowest BCUT2D eigenvalue weighted by molar-refractivity contribution is 0.483. The average molecular weight is 677 g/mol. The molecule has 0 spiro atoms. The van der Waals surface area contributed by atoms with E-state index in [1.165, 1.54) is 42.5 Å². The molecule has 0 saturated heterocycles. The fourth-order valence-electron chi connectivity index (χ4n) is 5.18. The Bertz CT molecular complexity index is 2370. The molecule has 13 heteroatoms. The molecular formula is C35H28N6O5S2. The second-order valence-corrected chi connectivity index (χ2v) is 14.2. The standard InChI is InChI=1S/C35H28N6O5S2/c1-47(42,43)34-20-24(38-40-32-18-16-30(36)26-6-2-4-8-28(26)32)14-12-22(34)10-11-23-13-15-25(21-35(23)48(44,45)46)39-41-33-19-17-31(37)27-7-3-5-9-29(27)33/h2-21H,36-37H2,1H3,(H,44,45,46)/b11-10-,40-38-,41-39-. The minimum atomic E-state index is -4.70. The largest absolute Gasteiger partial charge is 0.398 e. The van der Waals surface area contributed by atoms with Gasteiger partial charge < -0.3 is 11.5 Å². The minimum absolute atomic E-state index is 0.0492. The Hall–Kier alpha value is -5.76. The Morgan fingerprint density at radius 2 is 0.958 bits per heavy atom. The summed E-state index contributed by atoms with van der Waals surface area (Å²) in [4.78, 5) is -0.480. The van der Waals surface area contributed by atoms with Crippen molar-refractivity contribution in [2.24, 2.45) is 20.5 Å². The van der Waals surface area contributed by atoms with Crippen molar-refractivity contribution in [3.05, 3.63) is 120 Å². The van der Waals surface area contributed by atoms with Crippen LogP contribution in [0.3, 0.4) is 0 Å². The lowest BCUT2D eigenvalue weighted by Crippen LogP contribution is -2.01. The topological polar surface area (TPSA) is 190 Å². The smallest absolute Gasteiger partial charge is 0.295 e. The number of nitrogens with two attached hydrogens (primary N) is 2. The van der Waals surface area contributed by atoms with Crippen LogP contribution in [0.4, 0.5) is 34.1 Å². The molecule has 0 heterocycles. The molecular weight excluding hydrogens is 649 g/mol. The van der Waals surface area contributed by atoms with Gasteiger partial charge in [0.2, 0.25) is 0 Å². The monoisotopic (exact) mass is 676 g/mol. The fraction of sp³-hybridized carbons (Fsp3) is 0.0286. The van der Waals surface area contributed by atoms with Gasteiger partial charge in [0.1, 0.15) is 4.90 Å². The molecule has 0 unspecified atom stereocenters. The SMILES string of the molecule is CS(=O)(=O)c1cc(/N=N\c2ccc(N)c3ccccc23)ccc1/C=C\c1ccc(/N=N\c2ccc(N)c3ccccc23)cc1S(=O)(=O)O. The first-order valence-electron chi connectivity index (χ1n) is 14.4. The number of anilines is 2. The van der Waals surface area contributed by atoms with Crippen molar-refractivity contribution in [1.29, 1.82) is 0 Å². The first-order chi connectivity index (χ1) is 22.9. The number of hydrogen-bond donors (Lipinski definition) is 3. The van der Waals surface area contributed by atoms with Crippen molar-refractivity contribution in [2.45, 2.75) is 9.79 Å². The van der Waals surface area contributed by atoms with E-state index < -0.39 is 24.9 Å². The van der Waals surface area contributed by atoms with Gasteiger partial charge in [0, 0.05) is 39.2 Å². The van der Waals surface area contributed by atoms with Crippen LogP contribution in [0.5, 0.6) is 0 Å². The summed E-state index contributed by atoms with van der Waals surface area (Å²) in [7, 11) is -8.46. The van der Waals surface area contributed by atoms with Crippen molar-refractivity contribution in [1.82, 2.24) is 0 Å². The molecule has 6 aromatic carbocycles. The second-order valence-electron chi connectivity index (χ2n) is 10.9. The van der Waals surface area contributed by atoms with E-state index in [2.05, 4.69) is 20.5 Å². The van der Waals surface area contributed by atoms with Crippen LogP contribution in [0, 0.1) is 0 Å². The van der Waals surface area contributed by atoms with E-state index in [0.717, 1.165) is 27.8 Å². The predicted octanol–water partition coefficient (Wildman–Crippen LogP) is 8.81.